The lowest BCUT2D eigenvalue weighted by Crippen LogP contribution is -2.37. The Balaban J connectivity index is 1.56. The second kappa shape index (κ2) is 8.56. The summed E-state index contributed by atoms with van der Waals surface area (Å²) in [6.45, 7) is 7.76. The molecule has 6 nitrogen and oxygen atoms in total. The average Bonchev–Trinajstić information content (AvgIpc) is 3.51. The molecule has 1 aliphatic rings. The SMILES string of the molecule is CCOc1cccc2cc(C(=O)N(CC3CCCO3)c3nc4c(C)cc(C)cc4s3)oc12. The predicted octanol–water partition coefficient (Wildman–Crippen LogP) is 5.88. The van der Waals surface area contributed by atoms with Gasteiger partial charge in [0.15, 0.2) is 22.2 Å². The number of fused-ring (bicyclic) bond motifs is 2. The second-order valence-corrected chi connectivity index (χ2v) is 9.20. The first-order valence-corrected chi connectivity index (χ1v) is 11.8. The number of amides is 1. The molecule has 1 atom stereocenters. The predicted molar refractivity (Wildman–Crippen MR) is 127 cm³/mol. The Hall–Kier alpha value is -2.90. The van der Waals surface area contributed by atoms with E-state index >= 15 is 0 Å². The summed E-state index contributed by atoms with van der Waals surface area (Å²) in [6, 6.07) is 11.7. The summed E-state index contributed by atoms with van der Waals surface area (Å²) in [4.78, 5) is 20.3. The topological polar surface area (TPSA) is 64.8 Å². The van der Waals surface area contributed by atoms with Gasteiger partial charge in [0, 0.05) is 12.0 Å². The van der Waals surface area contributed by atoms with Crippen LogP contribution < -0.4 is 9.64 Å². The van der Waals surface area contributed by atoms with Crippen molar-refractivity contribution in [2.24, 2.45) is 0 Å². The number of benzene rings is 2. The van der Waals surface area contributed by atoms with Crippen LogP contribution >= 0.6 is 11.3 Å². The first kappa shape index (κ1) is 21.0. The minimum atomic E-state index is -0.215. The van der Waals surface area contributed by atoms with E-state index in [-0.39, 0.29) is 17.8 Å². The molecule has 3 heterocycles. The molecule has 32 heavy (non-hydrogen) atoms. The van der Waals surface area contributed by atoms with E-state index in [1.807, 2.05) is 25.1 Å². The number of thiazole rings is 1. The summed E-state index contributed by atoms with van der Waals surface area (Å²) >= 11 is 1.53. The highest BCUT2D eigenvalue weighted by Gasteiger charge is 2.29. The molecule has 1 amide bonds. The minimum Gasteiger partial charge on any atom is -0.490 e. The molecule has 2 aromatic carbocycles. The zero-order valence-corrected chi connectivity index (χ0v) is 19.3. The molecule has 1 fully saturated rings. The second-order valence-electron chi connectivity index (χ2n) is 8.19. The van der Waals surface area contributed by atoms with Crippen LogP contribution in [0.25, 0.3) is 21.2 Å². The third-order valence-electron chi connectivity index (χ3n) is 5.72. The molecule has 0 saturated carbocycles. The van der Waals surface area contributed by atoms with Gasteiger partial charge in [0.05, 0.1) is 29.5 Å². The maximum absolute atomic E-state index is 13.7. The van der Waals surface area contributed by atoms with E-state index in [9.17, 15) is 4.79 Å². The quantitative estimate of drug-likeness (QED) is 0.367. The first-order valence-electron chi connectivity index (χ1n) is 11.0. The van der Waals surface area contributed by atoms with Crippen molar-refractivity contribution >= 4 is 43.6 Å². The van der Waals surface area contributed by atoms with Crippen molar-refractivity contribution in [2.45, 2.75) is 39.7 Å². The lowest BCUT2D eigenvalue weighted by molar-refractivity contribution is 0.0896. The maximum Gasteiger partial charge on any atom is 0.295 e. The van der Waals surface area contributed by atoms with E-state index in [1.54, 1.807) is 11.0 Å². The summed E-state index contributed by atoms with van der Waals surface area (Å²) in [5, 5.41) is 1.51. The normalized spacial score (nSPS) is 16.2. The number of carbonyl (C=O) groups excluding carboxylic acids is 1. The van der Waals surface area contributed by atoms with Gasteiger partial charge >= 0.3 is 0 Å². The number of aromatic nitrogens is 1. The van der Waals surface area contributed by atoms with Gasteiger partial charge in [-0.1, -0.05) is 29.5 Å². The number of carbonyl (C=O) groups is 1. The number of ether oxygens (including phenoxy) is 2. The van der Waals surface area contributed by atoms with Gasteiger partial charge in [-0.3, -0.25) is 9.69 Å². The van der Waals surface area contributed by atoms with Crippen LogP contribution in [0.15, 0.2) is 40.8 Å². The zero-order chi connectivity index (χ0) is 22.2. The van der Waals surface area contributed by atoms with Crippen LogP contribution in [0.2, 0.25) is 0 Å². The van der Waals surface area contributed by atoms with Crippen molar-refractivity contribution in [2.75, 3.05) is 24.7 Å². The zero-order valence-electron chi connectivity index (χ0n) is 18.5. The molecule has 0 bridgehead atoms. The van der Waals surface area contributed by atoms with Crippen molar-refractivity contribution in [1.82, 2.24) is 4.98 Å². The van der Waals surface area contributed by atoms with Gasteiger partial charge in [-0.2, -0.15) is 0 Å². The van der Waals surface area contributed by atoms with Crippen LogP contribution in [-0.4, -0.2) is 36.8 Å². The summed E-state index contributed by atoms with van der Waals surface area (Å²) in [6.07, 6.45) is 1.94. The maximum atomic E-state index is 13.7. The Bertz CT molecular complexity index is 1290. The summed E-state index contributed by atoms with van der Waals surface area (Å²) in [7, 11) is 0. The molecule has 2 aromatic heterocycles. The lowest BCUT2D eigenvalue weighted by Gasteiger charge is -2.22. The number of para-hydroxylation sites is 1. The number of rotatable bonds is 6. The fourth-order valence-corrected chi connectivity index (χ4v) is 5.41. The van der Waals surface area contributed by atoms with Crippen LogP contribution in [0.4, 0.5) is 5.13 Å². The van der Waals surface area contributed by atoms with Gasteiger partial charge in [0.25, 0.3) is 5.91 Å². The number of anilines is 1. The molecule has 1 unspecified atom stereocenters. The van der Waals surface area contributed by atoms with Crippen LogP contribution in [-0.2, 0) is 4.74 Å². The first-order chi connectivity index (χ1) is 15.5. The van der Waals surface area contributed by atoms with Crippen molar-refractivity contribution in [3.8, 4) is 5.75 Å². The third-order valence-corrected chi connectivity index (χ3v) is 6.75. The van der Waals surface area contributed by atoms with Crippen LogP contribution in [0, 0.1) is 13.8 Å². The van der Waals surface area contributed by atoms with Crippen LogP contribution in [0.3, 0.4) is 0 Å². The molecule has 0 aliphatic carbocycles. The van der Waals surface area contributed by atoms with Crippen molar-refractivity contribution in [1.29, 1.82) is 0 Å². The van der Waals surface area contributed by atoms with E-state index in [4.69, 9.17) is 18.9 Å². The number of furan rings is 1. The van der Waals surface area contributed by atoms with Crippen LogP contribution in [0.5, 0.6) is 5.75 Å². The Morgan fingerprint density at radius 2 is 2.16 bits per heavy atom. The highest BCUT2D eigenvalue weighted by Crippen LogP contribution is 2.35. The van der Waals surface area contributed by atoms with E-state index in [2.05, 4.69) is 26.0 Å². The Morgan fingerprint density at radius 3 is 2.94 bits per heavy atom. The number of aryl methyl sites for hydroxylation is 2. The molecule has 7 heteroatoms. The molecule has 166 valence electrons. The fraction of sp³-hybridized carbons (Fsp3) is 0.360. The van der Waals surface area contributed by atoms with E-state index in [1.165, 1.54) is 16.9 Å². The Labute approximate surface area is 190 Å². The number of hydrogen-bond donors (Lipinski definition) is 0. The van der Waals surface area contributed by atoms with Gasteiger partial charge < -0.3 is 13.9 Å². The van der Waals surface area contributed by atoms with Gasteiger partial charge in [-0.05, 0) is 62.9 Å². The van der Waals surface area contributed by atoms with Gasteiger partial charge in [0.1, 0.15) is 0 Å². The molecule has 0 radical (unpaired) electrons. The summed E-state index contributed by atoms with van der Waals surface area (Å²) in [5.74, 6) is 0.700. The minimum absolute atomic E-state index is 0.00263. The number of nitrogens with zero attached hydrogens (tertiary/aromatic N) is 2. The third kappa shape index (κ3) is 3.87. The number of hydrogen-bond acceptors (Lipinski definition) is 6. The standard InChI is InChI=1S/C25H26N2O4S/c1-4-29-19-9-5-7-17-13-20(31-23(17)19)24(28)27(14-18-8-6-10-30-18)25-26-22-16(3)11-15(2)12-21(22)32-25/h5,7,9,11-13,18H,4,6,8,10,14H2,1-3H3. The monoisotopic (exact) mass is 450 g/mol. The molecule has 5 rings (SSSR count). The molecule has 1 aliphatic heterocycles. The molecular formula is C25H26N2O4S. The molecule has 0 spiro atoms. The average molecular weight is 451 g/mol. The summed E-state index contributed by atoms with van der Waals surface area (Å²) < 4.78 is 18.6. The van der Waals surface area contributed by atoms with Gasteiger partial charge in [-0.15, -0.1) is 0 Å². The van der Waals surface area contributed by atoms with Crippen molar-refractivity contribution in [3.63, 3.8) is 0 Å². The molecular weight excluding hydrogens is 424 g/mol. The van der Waals surface area contributed by atoms with Crippen LogP contribution in [0.1, 0.15) is 41.4 Å². The molecule has 1 saturated heterocycles. The smallest absolute Gasteiger partial charge is 0.295 e. The van der Waals surface area contributed by atoms with Crippen molar-refractivity contribution in [3.05, 3.63) is 53.3 Å². The molecule has 4 aromatic rings. The van der Waals surface area contributed by atoms with Gasteiger partial charge in [-0.25, -0.2) is 4.98 Å². The highest BCUT2D eigenvalue weighted by molar-refractivity contribution is 7.22. The summed E-state index contributed by atoms with van der Waals surface area (Å²) in [5.41, 5.74) is 3.81. The van der Waals surface area contributed by atoms with E-state index in [0.717, 1.165) is 40.6 Å². The molecule has 0 N–H and O–H groups in total. The Morgan fingerprint density at radius 1 is 1.28 bits per heavy atom. The largest absolute Gasteiger partial charge is 0.490 e. The lowest BCUT2D eigenvalue weighted by atomic mass is 10.1. The Kier molecular flexibility index (Phi) is 5.61. The van der Waals surface area contributed by atoms with E-state index < -0.39 is 0 Å². The highest BCUT2D eigenvalue weighted by atomic mass is 32.1. The van der Waals surface area contributed by atoms with Crippen molar-refractivity contribution < 1.29 is 18.7 Å². The van der Waals surface area contributed by atoms with E-state index in [0.29, 0.717) is 29.6 Å². The fourth-order valence-electron chi connectivity index (χ4n) is 4.26. The van der Waals surface area contributed by atoms with Gasteiger partial charge in [0.2, 0.25) is 0 Å².